The van der Waals surface area contributed by atoms with Crippen LogP contribution in [0.2, 0.25) is 0 Å². The highest BCUT2D eigenvalue weighted by Crippen LogP contribution is 2.46. The van der Waals surface area contributed by atoms with Gasteiger partial charge in [-0.2, -0.15) is 0 Å². The van der Waals surface area contributed by atoms with Crippen molar-refractivity contribution >= 4 is 34.1 Å². The normalized spacial score (nSPS) is 18.3. The second kappa shape index (κ2) is 6.91. The molecule has 1 fully saturated rings. The minimum atomic E-state index is -2.65. The lowest BCUT2D eigenvalue weighted by Crippen LogP contribution is -1.92. The van der Waals surface area contributed by atoms with E-state index in [0.717, 1.165) is 16.5 Å². The van der Waals surface area contributed by atoms with Gasteiger partial charge >= 0.3 is 0 Å². The average Bonchev–Trinajstić information content (AvgIpc) is 2.88. The number of rotatable bonds is 4. The molecule has 1 saturated carbocycles. The number of aryl methyl sites for hydroxylation is 1. The fourth-order valence-electron chi connectivity index (χ4n) is 1.62. The Kier molecular flexibility index (Phi) is 5.35. The molecule has 1 atom stereocenters. The average molecular weight is 367 g/mol. The lowest BCUT2D eigenvalue weighted by Gasteiger charge is -1.91. The molecule has 0 spiro atoms. The lowest BCUT2D eigenvalue weighted by molar-refractivity contribution is -0.110. The van der Waals surface area contributed by atoms with Crippen molar-refractivity contribution in [3.05, 3.63) is 16.1 Å². The van der Waals surface area contributed by atoms with E-state index in [9.17, 15) is 22.4 Å². The van der Waals surface area contributed by atoms with Crippen molar-refractivity contribution in [3.8, 4) is 10.6 Å². The molecule has 1 N–H and O–H groups in total. The number of hydrogen-bond donors (Lipinski definition) is 1. The summed E-state index contributed by atoms with van der Waals surface area (Å²) >= 11 is 2.44. The standard InChI is InChI=1S/C9H9F2N3S2.C4H4F2O/c1-4-6(16-8(13-4)7(10)11)5-3-15-9(12-2)14-5;5-4(6)1-3(4)2-7/h3,7H,1-2H3,(H,12,14);2-3H,1H2. The molecule has 3 rings (SSSR count). The Bertz CT molecular complexity index is 687. The van der Waals surface area contributed by atoms with Crippen molar-refractivity contribution in [2.45, 2.75) is 25.7 Å². The number of halogens is 4. The Morgan fingerprint density at radius 1 is 1.43 bits per heavy atom. The number of hydrogen-bond acceptors (Lipinski definition) is 6. The van der Waals surface area contributed by atoms with Crippen LogP contribution >= 0.6 is 22.7 Å². The molecule has 2 heterocycles. The number of alkyl halides is 4. The SMILES string of the molecule is CNc1nc(-c2sc(C(F)F)nc2C)cs1.O=CC1CC1(F)F. The van der Waals surface area contributed by atoms with Gasteiger partial charge < -0.3 is 10.1 Å². The van der Waals surface area contributed by atoms with Crippen LogP contribution in [-0.2, 0) is 4.79 Å². The third-order valence-electron chi connectivity index (χ3n) is 2.99. The van der Waals surface area contributed by atoms with Crippen LogP contribution in [-0.4, -0.2) is 29.2 Å². The highest BCUT2D eigenvalue weighted by Gasteiger charge is 2.56. The summed E-state index contributed by atoms with van der Waals surface area (Å²) in [5, 5.41) is 5.36. The number of carbonyl (C=O) groups excluding carboxylic acids is 1. The highest BCUT2D eigenvalue weighted by atomic mass is 32.1. The van der Waals surface area contributed by atoms with Gasteiger partial charge in [-0.25, -0.2) is 27.5 Å². The first kappa shape index (κ1) is 17.8. The molecular formula is C13H13F4N3OS2. The minimum Gasteiger partial charge on any atom is -0.365 e. The number of carbonyl (C=O) groups is 1. The van der Waals surface area contributed by atoms with E-state index in [1.807, 2.05) is 5.38 Å². The number of aldehydes is 1. The zero-order valence-electron chi connectivity index (χ0n) is 12.1. The van der Waals surface area contributed by atoms with Crippen LogP contribution < -0.4 is 5.32 Å². The lowest BCUT2D eigenvalue weighted by atomic mass is 10.3. The summed E-state index contributed by atoms with van der Waals surface area (Å²) in [7, 11) is 1.77. The predicted molar refractivity (Wildman–Crippen MR) is 81.6 cm³/mol. The van der Waals surface area contributed by atoms with Gasteiger partial charge in [0.15, 0.2) is 10.1 Å². The first-order valence-corrected chi connectivity index (χ1v) is 8.20. The second-order valence-corrected chi connectivity index (χ2v) is 6.65. The fourth-order valence-corrected chi connectivity index (χ4v) is 3.24. The summed E-state index contributed by atoms with van der Waals surface area (Å²) in [6.07, 6.45) is -2.45. The van der Waals surface area contributed by atoms with E-state index < -0.39 is 18.3 Å². The molecule has 1 unspecified atom stereocenters. The van der Waals surface area contributed by atoms with E-state index in [1.165, 1.54) is 11.3 Å². The number of nitrogens with zero attached hydrogens (tertiary/aromatic N) is 2. The van der Waals surface area contributed by atoms with Gasteiger partial charge in [-0.05, 0) is 6.92 Å². The van der Waals surface area contributed by atoms with E-state index in [0.29, 0.717) is 22.6 Å². The summed E-state index contributed by atoms with van der Waals surface area (Å²) in [5.74, 6) is -3.62. The van der Waals surface area contributed by atoms with Crippen LogP contribution in [0.15, 0.2) is 5.38 Å². The molecule has 1 aliphatic rings. The van der Waals surface area contributed by atoms with Crippen molar-refractivity contribution in [1.29, 1.82) is 0 Å². The van der Waals surface area contributed by atoms with E-state index in [1.54, 1.807) is 14.0 Å². The van der Waals surface area contributed by atoms with Crippen molar-refractivity contribution < 1.29 is 22.4 Å². The Balaban J connectivity index is 0.000000229. The molecule has 0 radical (unpaired) electrons. The van der Waals surface area contributed by atoms with Gasteiger partial charge in [0, 0.05) is 18.8 Å². The van der Waals surface area contributed by atoms with Crippen molar-refractivity contribution in [2.24, 2.45) is 5.92 Å². The van der Waals surface area contributed by atoms with Gasteiger partial charge in [-0.3, -0.25) is 0 Å². The Labute approximate surface area is 137 Å². The molecule has 23 heavy (non-hydrogen) atoms. The maximum Gasteiger partial charge on any atom is 0.289 e. The van der Waals surface area contributed by atoms with Crippen LogP contribution in [0.4, 0.5) is 22.7 Å². The van der Waals surface area contributed by atoms with Crippen LogP contribution in [0.5, 0.6) is 0 Å². The van der Waals surface area contributed by atoms with Crippen LogP contribution in [0.25, 0.3) is 10.6 Å². The van der Waals surface area contributed by atoms with E-state index in [2.05, 4.69) is 15.3 Å². The summed E-state index contributed by atoms with van der Waals surface area (Å²) in [5.41, 5.74) is 1.31. The van der Waals surface area contributed by atoms with Crippen LogP contribution in [0.3, 0.4) is 0 Å². The monoisotopic (exact) mass is 367 g/mol. The predicted octanol–water partition coefficient (Wildman–Crippen LogP) is 4.39. The minimum absolute atomic E-state index is 0.147. The van der Waals surface area contributed by atoms with Crippen molar-refractivity contribution in [2.75, 3.05) is 12.4 Å². The maximum atomic E-state index is 12.5. The zero-order valence-corrected chi connectivity index (χ0v) is 13.8. The third kappa shape index (κ3) is 4.25. The van der Waals surface area contributed by atoms with Gasteiger partial charge in [-0.15, -0.1) is 22.7 Å². The fraction of sp³-hybridized carbons (Fsp3) is 0.462. The largest absolute Gasteiger partial charge is 0.365 e. The molecule has 0 amide bonds. The first-order chi connectivity index (χ1) is 10.8. The summed E-state index contributed by atoms with van der Waals surface area (Å²) in [6.45, 7) is 1.72. The number of anilines is 1. The molecule has 0 bridgehead atoms. The molecule has 4 nitrogen and oxygen atoms in total. The quantitative estimate of drug-likeness (QED) is 0.643. The Morgan fingerprint density at radius 2 is 2.09 bits per heavy atom. The summed E-state index contributed by atoms with van der Waals surface area (Å²) in [4.78, 5) is 18.3. The van der Waals surface area contributed by atoms with Gasteiger partial charge in [0.25, 0.3) is 12.3 Å². The first-order valence-electron chi connectivity index (χ1n) is 6.50. The number of thiazole rings is 2. The van der Waals surface area contributed by atoms with Gasteiger partial charge in [0.1, 0.15) is 6.29 Å². The molecular weight excluding hydrogens is 354 g/mol. The van der Waals surface area contributed by atoms with E-state index in [4.69, 9.17) is 0 Å². The molecule has 0 saturated heterocycles. The zero-order chi connectivity index (χ0) is 17.2. The van der Waals surface area contributed by atoms with Crippen molar-refractivity contribution in [3.63, 3.8) is 0 Å². The van der Waals surface area contributed by atoms with Gasteiger partial charge in [0.05, 0.1) is 22.2 Å². The molecule has 2 aromatic rings. The van der Waals surface area contributed by atoms with E-state index >= 15 is 0 Å². The van der Waals surface area contributed by atoms with Gasteiger partial charge in [0.2, 0.25) is 0 Å². The van der Waals surface area contributed by atoms with E-state index in [-0.39, 0.29) is 11.4 Å². The van der Waals surface area contributed by atoms with Crippen molar-refractivity contribution in [1.82, 2.24) is 9.97 Å². The second-order valence-electron chi connectivity index (χ2n) is 4.76. The topological polar surface area (TPSA) is 54.9 Å². The Hall–Kier alpha value is -1.55. The third-order valence-corrected chi connectivity index (χ3v) is 5.04. The molecule has 2 aromatic heterocycles. The number of aromatic nitrogens is 2. The molecule has 0 aromatic carbocycles. The molecule has 126 valence electrons. The van der Waals surface area contributed by atoms with Crippen LogP contribution in [0, 0.1) is 12.8 Å². The highest BCUT2D eigenvalue weighted by molar-refractivity contribution is 7.16. The van der Waals surface area contributed by atoms with Gasteiger partial charge in [-0.1, -0.05) is 0 Å². The smallest absolute Gasteiger partial charge is 0.289 e. The molecule has 1 aliphatic carbocycles. The summed E-state index contributed by atoms with van der Waals surface area (Å²) < 4.78 is 48.1. The number of nitrogens with one attached hydrogen (secondary N) is 1. The summed E-state index contributed by atoms with van der Waals surface area (Å²) in [6, 6.07) is 0. The van der Waals surface area contributed by atoms with Crippen LogP contribution in [0.1, 0.15) is 23.5 Å². The molecule has 10 heteroatoms. The molecule has 0 aliphatic heterocycles. The Morgan fingerprint density at radius 3 is 2.43 bits per heavy atom. The maximum absolute atomic E-state index is 12.5.